The van der Waals surface area contributed by atoms with Gasteiger partial charge < -0.3 is 26.4 Å². The summed E-state index contributed by atoms with van der Waals surface area (Å²) in [4.78, 5) is 35.4. The van der Waals surface area contributed by atoms with Gasteiger partial charge in [-0.1, -0.05) is 0 Å². The molecular formula is C14H24N4O4. The number of rotatable bonds is 7. The van der Waals surface area contributed by atoms with E-state index in [0.29, 0.717) is 32.5 Å². The molecule has 2 heterocycles. The molecule has 8 heteroatoms. The van der Waals surface area contributed by atoms with E-state index in [9.17, 15) is 14.4 Å². The van der Waals surface area contributed by atoms with Crippen molar-refractivity contribution in [3.05, 3.63) is 0 Å². The third-order valence-electron chi connectivity index (χ3n) is 4.15. The van der Waals surface area contributed by atoms with Gasteiger partial charge in [-0.15, -0.1) is 0 Å². The smallest absolute Gasteiger partial charge is 0.240 e. The molecule has 2 aliphatic heterocycles. The molecule has 3 amide bonds. The Morgan fingerprint density at radius 3 is 2.86 bits per heavy atom. The number of hydrogen-bond acceptors (Lipinski definition) is 5. The van der Waals surface area contributed by atoms with Crippen LogP contribution in [0.5, 0.6) is 0 Å². The summed E-state index contributed by atoms with van der Waals surface area (Å²) >= 11 is 0. The molecule has 2 fully saturated rings. The normalized spacial score (nSPS) is 29.1. The van der Waals surface area contributed by atoms with E-state index in [1.807, 2.05) is 6.92 Å². The lowest BCUT2D eigenvalue weighted by Crippen LogP contribution is -2.51. The minimum Gasteiger partial charge on any atom is -0.377 e. The number of ether oxygens (including phenoxy) is 1. The molecule has 0 aromatic heterocycles. The highest BCUT2D eigenvalue weighted by Crippen LogP contribution is 2.17. The molecule has 0 aliphatic carbocycles. The van der Waals surface area contributed by atoms with Crippen molar-refractivity contribution in [3.8, 4) is 0 Å². The zero-order valence-corrected chi connectivity index (χ0v) is 12.8. The lowest BCUT2D eigenvalue weighted by Gasteiger charge is -2.20. The van der Waals surface area contributed by atoms with Crippen LogP contribution in [-0.4, -0.2) is 55.6 Å². The van der Waals surface area contributed by atoms with Gasteiger partial charge in [0.25, 0.3) is 0 Å². The first-order chi connectivity index (χ1) is 10.5. The van der Waals surface area contributed by atoms with Crippen molar-refractivity contribution in [3.63, 3.8) is 0 Å². The van der Waals surface area contributed by atoms with Crippen LogP contribution in [0.1, 0.15) is 26.2 Å². The van der Waals surface area contributed by atoms with Crippen molar-refractivity contribution in [2.24, 2.45) is 11.7 Å². The van der Waals surface area contributed by atoms with Crippen LogP contribution >= 0.6 is 0 Å². The fraction of sp³-hybridized carbons (Fsp3) is 0.786. The summed E-state index contributed by atoms with van der Waals surface area (Å²) in [6, 6.07) is -1.22. The van der Waals surface area contributed by atoms with Gasteiger partial charge in [0.15, 0.2) is 0 Å². The van der Waals surface area contributed by atoms with E-state index in [4.69, 9.17) is 10.5 Å². The van der Waals surface area contributed by atoms with Gasteiger partial charge in [0, 0.05) is 25.6 Å². The molecule has 8 nitrogen and oxygen atoms in total. The van der Waals surface area contributed by atoms with Crippen LogP contribution in [0.3, 0.4) is 0 Å². The molecule has 0 aromatic rings. The molecule has 0 aromatic carbocycles. The number of primary amides is 1. The van der Waals surface area contributed by atoms with Crippen molar-refractivity contribution < 1.29 is 19.1 Å². The van der Waals surface area contributed by atoms with Crippen molar-refractivity contribution in [1.82, 2.24) is 16.0 Å². The summed E-state index contributed by atoms with van der Waals surface area (Å²) in [7, 11) is 0. The van der Waals surface area contributed by atoms with E-state index in [1.54, 1.807) is 0 Å². The Hall–Kier alpha value is -1.67. The van der Waals surface area contributed by atoms with Gasteiger partial charge >= 0.3 is 0 Å². The van der Waals surface area contributed by atoms with E-state index in [0.717, 1.165) is 0 Å². The van der Waals surface area contributed by atoms with Crippen molar-refractivity contribution in [1.29, 1.82) is 0 Å². The zero-order chi connectivity index (χ0) is 16.1. The van der Waals surface area contributed by atoms with E-state index in [1.165, 1.54) is 0 Å². The molecule has 2 aliphatic rings. The molecule has 2 unspecified atom stereocenters. The molecule has 4 atom stereocenters. The summed E-state index contributed by atoms with van der Waals surface area (Å²) < 4.78 is 5.47. The maximum Gasteiger partial charge on any atom is 0.240 e. The fourth-order valence-corrected chi connectivity index (χ4v) is 2.94. The highest BCUT2D eigenvalue weighted by atomic mass is 16.5. The largest absolute Gasteiger partial charge is 0.377 e. The molecule has 124 valence electrons. The van der Waals surface area contributed by atoms with E-state index in [2.05, 4.69) is 16.0 Å². The third-order valence-corrected chi connectivity index (χ3v) is 4.15. The summed E-state index contributed by atoms with van der Waals surface area (Å²) in [6.07, 6.45) is 1.48. The molecule has 5 N–H and O–H groups in total. The number of nitrogens with one attached hydrogen (secondary N) is 3. The number of carbonyl (C=O) groups excluding carboxylic acids is 3. The van der Waals surface area contributed by atoms with E-state index < -0.39 is 18.0 Å². The highest BCUT2D eigenvalue weighted by Gasteiger charge is 2.34. The van der Waals surface area contributed by atoms with Crippen LogP contribution in [0.2, 0.25) is 0 Å². The Balaban J connectivity index is 1.86. The van der Waals surface area contributed by atoms with Crippen molar-refractivity contribution >= 4 is 17.7 Å². The van der Waals surface area contributed by atoms with Gasteiger partial charge in [-0.25, -0.2) is 0 Å². The summed E-state index contributed by atoms with van der Waals surface area (Å²) in [5, 5.41) is 8.44. The molecule has 0 spiro atoms. The number of carbonyl (C=O) groups is 3. The van der Waals surface area contributed by atoms with Crippen LogP contribution in [-0.2, 0) is 19.1 Å². The molecule has 0 saturated carbocycles. The molecular weight excluding hydrogens is 288 g/mol. The van der Waals surface area contributed by atoms with Gasteiger partial charge in [-0.2, -0.15) is 0 Å². The summed E-state index contributed by atoms with van der Waals surface area (Å²) in [5.74, 6) is -1.25. The average Bonchev–Trinajstić information content (AvgIpc) is 3.08. The number of nitrogens with two attached hydrogens (primary N) is 1. The van der Waals surface area contributed by atoms with Crippen molar-refractivity contribution in [2.75, 3.05) is 19.7 Å². The summed E-state index contributed by atoms with van der Waals surface area (Å²) in [6.45, 7) is 3.71. The number of hydrogen-bond donors (Lipinski definition) is 4. The first kappa shape index (κ1) is 16.7. The van der Waals surface area contributed by atoms with Gasteiger partial charge in [-0.05, 0) is 26.2 Å². The Morgan fingerprint density at radius 2 is 2.27 bits per heavy atom. The Morgan fingerprint density at radius 1 is 1.50 bits per heavy atom. The fourth-order valence-electron chi connectivity index (χ4n) is 2.94. The Labute approximate surface area is 129 Å². The van der Waals surface area contributed by atoms with Crippen molar-refractivity contribution in [2.45, 2.75) is 44.4 Å². The third kappa shape index (κ3) is 4.17. The number of amides is 3. The minimum absolute atomic E-state index is 0.00777. The molecule has 0 bridgehead atoms. The topological polar surface area (TPSA) is 123 Å². The predicted octanol–water partition coefficient (Wildman–Crippen LogP) is -1.75. The van der Waals surface area contributed by atoms with Crippen LogP contribution in [0.25, 0.3) is 0 Å². The maximum atomic E-state index is 12.2. The highest BCUT2D eigenvalue weighted by molar-refractivity contribution is 5.90. The second kappa shape index (κ2) is 7.55. The maximum absolute atomic E-state index is 12.2. The molecule has 2 saturated heterocycles. The van der Waals surface area contributed by atoms with Crippen LogP contribution in [0, 0.1) is 5.92 Å². The molecule has 22 heavy (non-hydrogen) atoms. The zero-order valence-electron chi connectivity index (χ0n) is 12.8. The lowest BCUT2D eigenvalue weighted by molar-refractivity contribution is -0.130. The predicted molar refractivity (Wildman–Crippen MR) is 78.7 cm³/mol. The Kier molecular flexibility index (Phi) is 5.73. The first-order valence-corrected chi connectivity index (χ1v) is 7.73. The van der Waals surface area contributed by atoms with E-state index >= 15 is 0 Å². The molecule has 0 radical (unpaired) electrons. The lowest BCUT2D eigenvalue weighted by atomic mass is 9.97. The van der Waals surface area contributed by atoms with Crippen LogP contribution in [0.4, 0.5) is 0 Å². The van der Waals surface area contributed by atoms with Gasteiger partial charge in [0.05, 0.1) is 12.1 Å². The second-order valence-corrected chi connectivity index (χ2v) is 5.75. The molecule has 2 rings (SSSR count). The Bertz CT molecular complexity index is 443. The standard InChI is InChI=1S/C14H24N4O4/c1-2-22-9-6-11(17-7-9)14(21)18-10(12(15)19)5-8-3-4-16-13(8)20/h8-11,17H,2-7H2,1H3,(H2,15,19)(H,16,20)(H,18,21)/t8-,9?,10-,11?/m0/s1. The second-order valence-electron chi connectivity index (χ2n) is 5.75. The van der Waals surface area contributed by atoms with Gasteiger partial charge in [0.1, 0.15) is 6.04 Å². The quantitative estimate of drug-likeness (QED) is 0.444. The van der Waals surface area contributed by atoms with Gasteiger partial charge in [0.2, 0.25) is 17.7 Å². The average molecular weight is 312 g/mol. The van der Waals surface area contributed by atoms with E-state index in [-0.39, 0.29) is 30.3 Å². The minimum atomic E-state index is -0.825. The SMILES string of the molecule is CCOC1CNC(C(=O)N[C@@H](C[C@@H]2CCNC2=O)C(N)=O)C1. The monoisotopic (exact) mass is 312 g/mol. The summed E-state index contributed by atoms with van der Waals surface area (Å²) in [5.41, 5.74) is 5.35. The first-order valence-electron chi connectivity index (χ1n) is 7.73. The van der Waals surface area contributed by atoms with Crippen LogP contribution < -0.4 is 21.7 Å². The van der Waals surface area contributed by atoms with Gasteiger partial charge in [-0.3, -0.25) is 14.4 Å². The van der Waals surface area contributed by atoms with Crippen LogP contribution in [0.15, 0.2) is 0 Å².